The van der Waals surface area contributed by atoms with Crippen LogP contribution in [0.5, 0.6) is 0 Å². The van der Waals surface area contributed by atoms with Gasteiger partial charge in [0.15, 0.2) is 8.32 Å². The Morgan fingerprint density at radius 1 is 1.31 bits per heavy atom. The Balaban J connectivity index is 2.36. The predicted molar refractivity (Wildman–Crippen MR) is 108 cm³/mol. The van der Waals surface area contributed by atoms with Crippen LogP contribution in [-0.2, 0) is 18.7 Å². The molecule has 0 amide bonds. The van der Waals surface area contributed by atoms with Crippen LogP contribution < -0.4 is 0 Å². The van der Waals surface area contributed by atoms with Crippen LogP contribution in [-0.4, -0.2) is 40.7 Å². The largest absolute Gasteiger partial charge is 0.466 e. The van der Waals surface area contributed by atoms with Gasteiger partial charge in [-0.25, -0.2) is 4.79 Å². The fraction of sp³-hybridized carbons (Fsp3) is 0.857. The van der Waals surface area contributed by atoms with Gasteiger partial charge >= 0.3 is 5.97 Å². The van der Waals surface area contributed by atoms with Gasteiger partial charge in [-0.3, -0.25) is 0 Å². The van der Waals surface area contributed by atoms with Crippen molar-refractivity contribution in [3.63, 3.8) is 0 Å². The van der Waals surface area contributed by atoms with Crippen molar-refractivity contribution in [2.45, 2.75) is 78.6 Å². The molecule has 1 aliphatic carbocycles. The number of carbonyl (C=O) groups excluding carboxylic acids is 1. The van der Waals surface area contributed by atoms with Gasteiger partial charge in [-0.1, -0.05) is 41.5 Å². The first-order valence-electron chi connectivity index (χ1n) is 9.80. The zero-order valence-electron chi connectivity index (χ0n) is 18.2. The smallest absolute Gasteiger partial charge is 0.330 e. The van der Waals surface area contributed by atoms with Crippen LogP contribution in [0.2, 0.25) is 18.1 Å². The van der Waals surface area contributed by atoms with Gasteiger partial charge in [-0.15, -0.1) is 0 Å². The maximum absolute atomic E-state index is 11.9. The molecule has 4 nitrogen and oxygen atoms in total. The number of hydrogen-bond acceptors (Lipinski definition) is 4. The summed E-state index contributed by atoms with van der Waals surface area (Å²) in [6, 6.07) is 0. The second kappa shape index (κ2) is 7.06. The molecule has 2 rings (SSSR count). The molecule has 0 bridgehead atoms. The predicted octanol–water partition coefficient (Wildman–Crippen LogP) is 4.95. The average molecular weight is 383 g/mol. The molecule has 1 aliphatic heterocycles. The Labute approximate surface area is 160 Å². The van der Waals surface area contributed by atoms with Gasteiger partial charge in [0.2, 0.25) is 0 Å². The van der Waals surface area contributed by atoms with E-state index in [2.05, 4.69) is 54.6 Å². The van der Waals surface area contributed by atoms with Crippen LogP contribution in [0, 0.1) is 16.7 Å². The third-order valence-electron chi connectivity index (χ3n) is 7.43. The second-order valence-electron chi connectivity index (χ2n) is 10.4. The highest BCUT2D eigenvalue weighted by molar-refractivity contribution is 6.74. The lowest BCUT2D eigenvalue weighted by Crippen LogP contribution is -2.53. The quantitative estimate of drug-likeness (QED) is 0.392. The van der Waals surface area contributed by atoms with E-state index in [-0.39, 0.29) is 27.9 Å². The Bertz CT molecular complexity index is 573. The highest BCUT2D eigenvalue weighted by Gasteiger charge is 2.57. The number of hydrogen-bond donors (Lipinski definition) is 0. The summed E-state index contributed by atoms with van der Waals surface area (Å²) in [6.45, 7) is 19.6. The molecule has 3 atom stereocenters. The van der Waals surface area contributed by atoms with E-state index in [1.54, 1.807) is 6.08 Å². The summed E-state index contributed by atoms with van der Waals surface area (Å²) < 4.78 is 17.7. The minimum atomic E-state index is -1.84. The van der Waals surface area contributed by atoms with Crippen LogP contribution in [0.25, 0.3) is 0 Å². The van der Waals surface area contributed by atoms with Crippen LogP contribution in [0.4, 0.5) is 0 Å². The molecule has 1 heterocycles. The van der Waals surface area contributed by atoms with Gasteiger partial charge in [-0.05, 0) is 47.9 Å². The number of fused-ring (bicyclic) bond motifs is 1. The van der Waals surface area contributed by atoms with Crippen molar-refractivity contribution in [3.8, 4) is 0 Å². The summed E-state index contributed by atoms with van der Waals surface area (Å²) in [4.78, 5) is 11.9. The molecule has 0 aromatic carbocycles. The lowest BCUT2D eigenvalue weighted by molar-refractivity contribution is -0.135. The standard InChI is InChI=1S/C21H38O4Si/c1-19(2,3)26(8,9)25-14-16-20(4,5)11-10-17-21(16,6)15(13-24-17)12-18(22)23-7/h12,16-17H,10-11,13-14H2,1-9H3/b15-12+/t16-,17-,21+/m1/s1. The highest BCUT2D eigenvalue weighted by atomic mass is 28.4. The fourth-order valence-electron chi connectivity index (χ4n) is 4.35. The van der Waals surface area contributed by atoms with Crippen molar-refractivity contribution < 1.29 is 18.7 Å². The molecular weight excluding hydrogens is 344 g/mol. The normalized spacial score (nSPS) is 33.2. The molecule has 0 radical (unpaired) electrons. The average Bonchev–Trinajstić information content (AvgIpc) is 2.81. The van der Waals surface area contributed by atoms with E-state index in [1.165, 1.54) is 7.11 Å². The molecule has 5 heteroatoms. The van der Waals surface area contributed by atoms with Crippen LogP contribution in [0.15, 0.2) is 11.6 Å². The zero-order valence-corrected chi connectivity index (χ0v) is 19.2. The van der Waals surface area contributed by atoms with E-state index >= 15 is 0 Å². The lowest BCUT2D eigenvalue weighted by atomic mass is 9.54. The first-order valence-corrected chi connectivity index (χ1v) is 12.7. The fourth-order valence-corrected chi connectivity index (χ4v) is 5.37. The van der Waals surface area contributed by atoms with E-state index < -0.39 is 8.32 Å². The molecule has 0 spiro atoms. The number of carbonyl (C=O) groups is 1. The highest BCUT2D eigenvalue weighted by Crippen LogP contribution is 2.58. The van der Waals surface area contributed by atoms with Crippen LogP contribution >= 0.6 is 0 Å². The summed E-state index contributed by atoms with van der Waals surface area (Å²) >= 11 is 0. The molecule has 2 fully saturated rings. The molecule has 2 aliphatic rings. The minimum absolute atomic E-state index is 0.135. The summed E-state index contributed by atoms with van der Waals surface area (Å²) in [7, 11) is -0.413. The van der Waals surface area contributed by atoms with Gasteiger partial charge in [0.1, 0.15) is 0 Å². The molecule has 0 unspecified atom stereocenters. The number of esters is 1. The second-order valence-corrected chi connectivity index (χ2v) is 15.2. The topological polar surface area (TPSA) is 44.8 Å². The molecule has 0 N–H and O–H groups in total. The number of ether oxygens (including phenoxy) is 2. The van der Waals surface area contributed by atoms with E-state index in [1.807, 2.05) is 0 Å². The first kappa shape index (κ1) is 21.6. The molecule has 1 saturated carbocycles. The lowest BCUT2D eigenvalue weighted by Gasteiger charge is -2.53. The molecule has 0 aromatic heterocycles. The maximum atomic E-state index is 11.9. The summed E-state index contributed by atoms with van der Waals surface area (Å²) in [5.41, 5.74) is 1.01. The van der Waals surface area contributed by atoms with Crippen molar-refractivity contribution in [1.82, 2.24) is 0 Å². The van der Waals surface area contributed by atoms with Crippen molar-refractivity contribution in [2.24, 2.45) is 16.7 Å². The van der Waals surface area contributed by atoms with Gasteiger partial charge in [-0.2, -0.15) is 0 Å². The van der Waals surface area contributed by atoms with E-state index in [4.69, 9.17) is 13.9 Å². The Kier molecular flexibility index (Phi) is 5.88. The van der Waals surface area contributed by atoms with Gasteiger partial charge < -0.3 is 13.9 Å². The van der Waals surface area contributed by atoms with Gasteiger partial charge in [0.25, 0.3) is 0 Å². The minimum Gasteiger partial charge on any atom is -0.466 e. The number of methoxy groups -OCH3 is 1. The van der Waals surface area contributed by atoms with Crippen molar-refractivity contribution in [1.29, 1.82) is 0 Å². The van der Waals surface area contributed by atoms with E-state index in [0.29, 0.717) is 12.5 Å². The molecule has 26 heavy (non-hydrogen) atoms. The molecule has 150 valence electrons. The Morgan fingerprint density at radius 2 is 1.92 bits per heavy atom. The van der Waals surface area contributed by atoms with Crippen molar-refractivity contribution in [2.75, 3.05) is 20.3 Å². The Hall–Kier alpha value is -0.653. The SMILES string of the molecule is COC(=O)/C=C1\CO[C@@H]2CCC(C)(C)[C@@H](CO[Si](C)(C)C(C)(C)C)[C@]12C. The van der Waals surface area contributed by atoms with Gasteiger partial charge in [0.05, 0.1) is 19.8 Å². The monoisotopic (exact) mass is 382 g/mol. The summed E-state index contributed by atoms with van der Waals surface area (Å²) in [5, 5.41) is 0.184. The number of rotatable bonds is 4. The van der Waals surface area contributed by atoms with Crippen LogP contribution in [0.3, 0.4) is 0 Å². The molecular formula is C21H38O4Si. The van der Waals surface area contributed by atoms with E-state index in [9.17, 15) is 4.79 Å². The molecule has 1 saturated heterocycles. The maximum Gasteiger partial charge on any atom is 0.330 e. The summed E-state index contributed by atoms with van der Waals surface area (Å²) in [5.74, 6) is 0.0131. The zero-order chi connectivity index (χ0) is 20.0. The van der Waals surface area contributed by atoms with Crippen molar-refractivity contribution in [3.05, 3.63) is 11.6 Å². The summed E-state index contributed by atoms with van der Waals surface area (Å²) in [6.07, 6.45) is 3.95. The van der Waals surface area contributed by atoms with Crippen molar-refractivity contribution >= 4 is 14.3 Å². The molecule has 0 aromatic rings. The third kappa shape index (κ3) is 3.81. The third-order valence-corrected chi connectivity index (χ3v) is 11.9. The first-order chi connectivity index (χ1) is 11.8. The van der Waals surface area contributed by atoms with E-state index in [0.717, 1.165) is 25.0 Å². The Morgan fingerprint density at radius 3 is 2.46 bits per heavy atom. The van der Waals surface area contributed by atoms with Gasteiger partial charge in [0, 0.05) is 18.1 Å². The van der Waals surface area contributed by atoms with Crippen LogP contribution in [0.1, 0.15) is 54.4 Å².